The number of aliphatic hydroxyl groups is 1. The number of carbonyl (C=O) groups is 1. The van der Waals surface area contributed by atoms with Gasteiger partial charge in [-0.25, -0.2) is 4.68 Å². The normalized spacial score (nSPS) is 22.1. The van der Waals surface area contributed by atoms with E-state index in [9.17, 15) is 9.90 Å². The van der Waals surface area contributed by atoms with Crippen LogP contribution >= 0.6 is 0 Å². The number of hydrogen-bond acceptors (Lipinski definition) is 6. The van der Waals surface area contributed by atoms with Crippen LogP contribution in [0.25, 0.3) is 0 Å². The smallest absolute Gasteiger partial charge is 0.273 e. The molecule has 0 radical (unpaired) electrons. The van der Waals surface area contributed by atoms with Crippen LogP contribution in [0.2, 0.25) is 0 Å². The highest BCUT2D eigenvalue weighted by molar-refractivity contribution is 5.91. The van der Waals surface area contributed by atoms with Crippen molar-refractivity contribution in [2.24, 2.45) is 5.73 Å². The van der Waals surface area contributed by atoms with Gasteiger partial charge in [-0.3, -0.25) is 9.78 Å². The summed E-state index contributed by atoms with van der Waals surface area (Å²) >= 11 is 0. The maximum Gasteiger partial charge on any atom is 0.273 e. The van der Waals surface area contributed by atoms with E-state index in [0.717, 1.165) is 25.7 Å². The summed E-state index contributed by atoms with van der Waals surface area (Å²) in [6, 6.07) is 5.78. The first-order valence-corrected chi connectivity index (χ1v) is 8.18. The molecular weight excluding hydrogens is 308 g/mol. The van der Waals surface area contributed by atoms with Crippen LogP contribution in [0.15, 0.2) is 30.6 Å². The second-order valence-electron chi connectivity index (χ2n) is 6.13. The van der Waals surface area contributed by atoms with Gasteiger partial charge in [-0.05, 0) is 37.8 Å². The molecule has 8 nitrogen and oxygen atoms in total. The molecule has 8 heteroatoms. The molecule has 0 aliphatic heterocycles. The van der Waals surface area contributed by atoms with Crippen LogP contribution in [0.4, 0.5) is 0 Å². The van der Waals surface area contributed by atoms with E-state index in [-0.39, 0.29) is 30.2 Å². The van der Waals surface area contributed by atoms with Crippen molar-refractivity contribution in [3.8, 4) is 0 Å². The molecule has 1 saturated carbocycles. The van der Waals surface area contributed by atoms with Crippen molar-refractivity contribution >= 4 is 5.91 Å². The molecule has 1 atom stereocenters. The van der Waals surface area contributed by atoms with Crippen LogP contribution < -0.4 is 11.1 Å². The highest BCUT2D eigenvalue weighted by Crippen LogP contribution is 2.26. The maximum absolute atomic E-state index is 12.2. The third-order valence-electron chi connectivity index (χ3n) is 4.34. The lowest BCUT2D eigenvalue weighted by molar-refractivity contribution is 0.0909. The monoisotopic (exact) mass is 330 g/mol. The lowest BCUT2D eigenvalue weighted by atomic mass is 9.92. The van der Waals surface area contributed by atoms with Gasteiger partial charge in [-0.2, -0.15) is 0 Å². The number of aromatic nitrogens is 4. The Bertz CT molecular complexity index is 666. The Morgan fingerprint density at radius 3 is 2.88 bits per heavy atom. The Hall–Kier alpha value is -2.32. The summed E-state index contributed by atoms with van der Waals surface area (Å²) in [7, 11) is 0. The number of nitrogens with zero attached hydrogens (tertiary/aromatic N) is 4. The molecule has 2 aromatic heterocycles. The minimum Gasteiger partial charge on any atom is -0.385 e. The Morgan fingerprint density at radius 2 is 2.17 bits per heavy atom. The van der Waals surface area contributed by atoms with E-state index in [2.05, 4.69) is 20.6 Å². The van der Waals surface area contributed by atoms with Gasteiger partial charge in [-0.1, -0.05) is 11.3 Å². The van der Waals surface area contributed by atoms with Crippen LogP contribution in [0.3, 0.4) is 0 Å². The Kier molecular flexibility index (Phi) is 5.17. The van der Waals surface area contributed by atoms with Crippen LogP contribution in [-0.2, 0) is 0 Å². The average Bonchev–Trinajstić information content (AvgIpc) is 3.11. The number of carbonyl (C=O) groups excluding carboxylic acids is 1. The zero-order valence-electron chi connectivity index (χ0n) is 13.4. The highest BCUT2D eigenvalue weighted by Gasteiger charge is 2.22. The fraction of sp³-hybridized carbons (Fsp3) is 0.500. The molecule has 0 aromatic carbocycles. The van der Waals surface area contributed by atoms with Crippen molar-refractivity contribution in [3.63, 3.8) is 0 Å². The topological polar surface area (TPSA) is 119 Å². The third kappa shape index (κ3) is 3.95. The lowest BCUT2D eigenvalue weighted by Crippen LogP contribution is -2.29. The van der Waals surface area contributed by atoms with Gasteiger partial charge in [0.15, 0.2) is 5.69 Å². The first-order chi connectivity index (χ1) is 11.6. The average molecular weight is 330 g/mol. The molecule has 128 valence electrons. The molecule has 0 saturated heterocycles. The first kappa shape index (κ1) is 16.5. The second-order valence-corrected chi connectivity index (χ2v) is 6.13. The van der Waals surface area contributed by atoms with Crippen molar-refractivity contribution in [1.29, 1.82) is 0 Å². The molecule has 3 rings (SSSR count). The Labute approximate surface area is 140 Å². The summed E-state index contributed by atoms with van der Waals surface area (Å²) in [5, 5.41) is 20.7. The van der Waals surface area contributed by atoms with Gasteiger partial charge < -0.3 is 16.2 Å². The molecule has 4 N–H and O–H groups in total. The minimum absolute atomic E-state index is 0.0704. The zero-order chi connectivity index (χ0) is 16.9. The summed E-state index contributed by atoms with van der Waals surface area (Å²) in [6.45, 7) is 0.0704. The quantitative estimate of drug-likeness (QED) is 0.738. The zero-order valence-corrected chi connectivity index (χ0v) is 13.4. The van der Waals surface area contributed by atoms with E-state index in [1.807, 2.05) is 0 Å². The van der Waals surface area contributed by atoms with E-state index < -0.39 is 6.10 Å². The van der Waals surface area contributed by atoms with E-state index >= 15 is 0 Å². The largest absolute Gasteiger partial charge is 0.385 e. The van der Waals surface area contributed by atoms with Crippen molar-refractivity contribution in [1.82, 2.24) is 25.3 Å². The fourth-order valence-corrected chi connectivity index (χ4v) is 2.88. The summed E-state index contributed by atoms with van der Waals surface area (Å²) < 4.78 is 1.75. The fourth-order valence-electron chi connectivity index (χ4n) is 2.88. The molecule has 0 spiro atoms. The van der Waals surface area contributed by atoms with Gasteiger partial charge in [0, 0.05) is 18.8 Å². The van der Waals surface area contributed by atoms with Gasteiger partial charge in [0.2, 0.25) is 0 Å². The van der Waals surface area contributed by atoms with E-state index in [1.165, 1.54) is 0 Å². The van der Waals surface area contributed by atoms with Gasteiger partial charge in [-0.15, -0.1) is 5.10 Å². The van der Waals surface area contributed by atoms with Gasteiger partial charge in [0.05, 0.1) is 17.9 Å². The first-order valence-electron chi connectivity index (χ1n) is 8.18. The predicted molar refractivity (Wildman–Crippen MR) is 87.0 cm³/mol. The second kappa shape index (κ2) is 7.50. The van der Waals surface area contributed by atoms with Crippen LogP contribution in [0, 0.1) is 0 Å². The molecule has 1 fully saturated rings. The molecule has 2 aromatic rings. The van der Waals surface area contributed by atoms with E-state index in [4.69, 9.17) is 5.73 Å². The minimum atomic E-state index is -0.856. The van der Waals surface area contributed by atoms with Crippen molar-refractivity contribution in [2.75, 3.05) is 6.54 Å². The Morgan fingerprint density at radius 1 is 1.38 bits per heavy atom. The number of nitrogens with one attached hydrogen (secondary N) is 1. The van der Waals surface area contributed by atoms with E-state index in [0.29, 0.717) is 5.69 Å². The van der Waals surface area contributed by atoms with Gasteiger partial charge in [0.25, 0.3) is 5.91 Å². The summed E-state index contributed by atoms with van der Waals surface area (Å²) in [4.78, 5) is 16.2. The van der Waals surface area contributed by atoms with Crippen molar-refractivity contribution < 1.29 is 9.90 Å². The lowest BCUT2D eigenvalue weighted by Gasteiger charge is -2.25. The van der Waals surface area contributed by atoms with Crippen LogP contribution in [0.1, 0.15) is 54.0 Å². The number of aliphatic hydroxyl groups excluding tert-OH is 1. The van der Waals surface area contributed by atoms with Crippen LogP contribution in [0.5, 0.6) is 0 Å². The highest BCUT2D eigenvalue weighted by atomic mass is 16.3. The number of pyridine rings is 1. The third-order valence-corrected chi connectivity index (χ3v) is 4.34. The summed E-state index contributed by atoms with van der Waals surface area (Å²) in [5.41, 5.74) is 6.67. The molecule has 2 heterocycles. The SMILES string of the molecule is NC1CCC(n2cc(C(=O)NC[C@H](O)c3ccccn3)nn2)CC1. The molecule has 1 aliphatic carbocycles. The van der Waals surface area contributed by atoms with Gasteiger partial charge in [0.1, 0.15) is 6.10 Å². The number of hydrogen-bond donors (Lipinski definition) is 3. The Balaban J connectivity index is 1.54. The number of rotatable bonds is 5. The molecular formula is C16H22N6O2. The van der Waals surface area contributed by atoms with Crippen molar-refractivity contribution in [3.05, 3.63) is 42.0 Å². The molecule has 1 amide bonds. The number of amides is 1. The maximum atomic E-state index is 12.2. The van der Waals surface area contributed by atoms with Crippen LogP contribution in [-0.4, -0.2) is 43.6 Å². The standard InChI is InChI=1S/C16H22N6O2/c17-11-4-6-12(7-5-11)22-10-14(20-21-22)16(24)19-9-15(23)13-3-1-2-8-18-13/h1-3,8,10-12,15,23H,4-7,9,17H2,(H,19,24)/t11?,12?,15-/m0/s1. The van der Waals surface area contributed by atoms with Gasteiger partial charge >= 0.3 is 0 Å². The number of nitrogens with two attached hydrogens (primary N) is 1. The molecule has 0 bridgehead atoms. The van der Waals surface area contributed by atoms with E-state index in [1.54, 1.807) is 35.3 Å². The molecule has 24 heavy (non-hydrogen) atoms. The van der Waals surface area contributed by atoms with Crippen molar-refractivity contribution in [2.45, 2.75) is 43.9 Å². The molecule has 1 aliphatic rings. The molecule has 0 unspecified atom stereocenters. The predicted octanol–water partition coefficient (Wildman–Crippen LogP) is 0.579. The summed E-state index contributed by atoms with van der Waals surface area (Å²) in [6.07, 6.45) is 6.22. The summed E-state index contributed by atoms with van der Waals surface area (Å²) in [5.74, 6) is -0.358.